The average molecular weight is 413 g/mol. The number of nitrogens with one attached hydrogen (secondary N) is 3. The van der Waals surface area contributed by atoms with Crippen molar-refractivity contribution in [2.45, 2.75) is 24.9 Å². The predicted octanol–water partition coefficient (Wildman–Crippen LogP) is 0.129. The highest BCUT2D eigenvalue weighted by Crippen LogP contribution is 2.20. The number of quaternary nitrogens is 1. The maximum Gasteiger partial charge on any atom is 0.309 e. The van der Waals surface area contributed by atoms with E-state index < -0.39 is 11.8 Å². The normalized spacial score (nSPS) is 18.0. The molecule has 2 amide bonds. The first-order valence-electron chi connectivity index (χ1n) is 10.5. The monoisotopic (exact) mass is 413 g/mol. The number of carbonyl (C=O) groups excluding carboxylic acids is 2. The standard InChI is InChI=1S/C22H28N4O4/c1-29-18-8-6-17(7-9-18)25-10-12-26(13-11-25)19(20-3-2-14-30-20)15-23-21(27)22(28)24-16-4-5-16/h2-3,6-9,14,16,19H,4-5,10-13,15H2,1H3,(H,23,27)(H,24,28)/p+1/t19-/m0/s1. The van der Waals surface area contributed by atoms with Gasteiger partial charge in [0.25, 0.3) is 0 Å². The van der Waals surface area contributed by atoms with E-state index in [1.54, 1.807) is 13.4 Å². The Bertz CT molecular complexity index is 841. The number of hydrogen-bond donors (Lipinski definition) is 3. The first-order valence-corrected chi connectivity index (χ1v) is 10.5. The van der Waals surface area contributed by atoms with Gasteiger partial charge in [0.05, 0.1) is 46.1 Å². The van der Waals surface area contributed by atoms with Gasteiger partial charge in [-0.2, -0.15) is 0 Å². The van der Waals surface area contributed by atoms with Crippen LogP contribution in [0.25, 0.3) is 0 Å². The molecule has 0 radical (unpaired) electrons. The molecule has 1 aromatic carbocycles. The van der Waals surface area contributed by atoms with Gasteiger partial charge in [-0.05, 0) is 49.2 Å². The molecular weight excluding hydrogens is 384 g/mol. The summed E-state index contributed by atoms with van der Waals surface area (Å²) in [5, 5.41) is 5.52. The predicted molar refractivity (Wildman–Crippen MR) is 112 cm³/mol. The smallest absolute Gasteiger partial charge is 0.309 e. The van der Waals surface area contributed by atoms with Gasteiger partial charge in [-0.15, -0.1) is 0 Å². The number of ether oxygens (including phenoxy) is 1. The Labute approximate surface area is 176 Å². The number of carbonyl (C=O) groups is 2. The highest BCUT2D eigenvalue weighted by atomic mass is 16.5. The molecule has 160 valence electrons. The number of hydrogen-bond acceptors (Lipinski definition) is 5. The van der Waals surface area contributed by atoms with Gasteiger partial charge in [-0.25, -0.2) is 0 Å². The molecule has 2 aromatic rings. The van der Waals surface area contributed by atoms with E-state index in [9.17, 15) is 9.59 Å². The van der Waals surface area contributed by atoms with Crippen LogP contribution in [0.15, 0.2) is 47.1 Å². The number of piperazine rings is 1. The minimum absolute atomic E-state index is 0.0318. The van der Waals surface area contributed by atoms with Gasteiger partial charge in [0.1, 0.15) is 5.75 Å². The summed E-state index contributed by atoms with van der Waals surface area (Å²) in [6.45, 7) is 3.97. The Hall–Kier alpha value is -3.00. The quantitative estimate of drug-likeness (QED) is 0.562. The maximum absolute atomic E-state index is 12.2. The van der Waals surface area contributed by atoms with Gasteiger partial charge < -0.3 is 29.6 Å². The molecule has 1 aliphatic heterocycles. The second-order valence-corrected chi connectivity index (χ2v) is 7.87. The Morgan fingerprint density at radius 1 is 1.17 bits per heavy atom. The molecule has 2 fully saturated rings. The van der Waals surface area contributed by atoms with Crippen molar-refractivity contribution in [3.63, 3.8) is 0 Å². The van der Waals surface area contributed by atoms with Crippen LogP contribution in [0.4, 0.5) is 5.69 Å². The van der Waals surface area contributed by atoms with Crippen LogP contribution in [-0.2, 0) is 9.59 Å². The van der Waals surface area contributed by atoms with Crippen LogP contribution in [0.2, 0.25) is 0 Å². The summed E-state index contributed by atoms with van der Waals surface area (Å²) in [5.41, 5.74) is 1.18. The maximum atomic E-state index is 12.2. The second kappa shape index (κ2) is 9.21. The van der Waals surface area contributed by atoms with Crippen molar-refractivity contribution in [2.75, 3.05) is 44.7 Å². The molecule has 8 heteroatoms. The molecule has 0 bridgehead atoms. The lowest BCUT2D eigenvalue weighted by Gasteiger charge is -2.37. The fourth-order valence-electron chi connectivity index (χ4n) is 3.88. The van der Waals surface area contributed by atoms with Crippen molar-refractivity contribution in [1.29, 1.82) is 0 Å². The molecular formula is C22H29N4O4+. The number of nitrogens with zero attached hydrogens (tertiary/aromatic N) is 1. The number of amides is 2. The van der Waals surface area contributed by atoms with E-state index in [0.717, 1.165) is 50.5 Å². The van der Waals surface area contributed by atoms with Crippen LogP contribution in [0.5, 0.6) is 5.75 Å². The third-order valence-electron chi connectivity index (χ3n) is 5.81. The van der Waals surface area contributed by atoms with Gasteiger partial charge >= 0.3 is 11.8 Å². The van der Waals surface area contributed by atoms with Crippen molar-refractivity contribution in [2.24, 2.45) is 0 Å². The lowest BCUT2D eigenvalue weighted by Crippen LogP contribution is -3.15. The number of rotatable bonds is 7. The molecule has 2 aliphatic rings. The van der Waals surface area contributed by atoms with Crippen molar-refractivity contribution in [1.82, 2.24) is 10.6 Å². The van der Waals surface area contributed by atoms with Crippen molar-refractivity contribution in [3.05, 3.63) is 48.4 Å². The molecule has 0 spiro atoms. The topological polar surface area (TPSA) is 88.2 Å². The summed E-state index contributed by atoms with van der Waals surface area (Å²) in [6.07, 6.45) is 3.56. The van der Waals surface area contributed by atoms with E-state index in [1.165, 1.54) is 10.6 Å². The number of methoxy groups -OCH3 is 1. The van der Waals surface area contributed by atoms with Crippen LogP contribution in [0.3, 0.4) is 0 Å². The summed E-state index contributed by atoms with van der Waals surface area (Å²) in [7, 11) is 1.67. The largest absolute Gasteiger partial charge is 0.497 e. The van der Waals surface area contributed by atoms with Crippen molar-refractivity contribution in [3.8, 4) is 5.75 Å². The van der Waals surface area contributed by atoms with Crippen LogP contribution in [-0.4, -0.2) is 57.7 Å². The minimum atomic E-state index is -0.574. The van der Waals surface area contributed by atoms with Crippen LogP contribution >= 0.6 is 0 Å². The highest BCUT2D eigenvalue weighted by Gasteiger charge is 2.32. The summed E-state index contributed by atoms with van der Waals surface area (Å²) >= 11 is 0. The summed E-state index contributed by atoms with van der Waals surface area (Å²) in [6, 6.07) is 12.0. The van der Waals surface area contributed by atoms with E-state index in [-0.39, 0.29) is 12.1 Å². The molecule has 0 unspecified atom stereocenters. The lowest BCUT2D eigenvalue weighted by molar-refractivity contribution is -0.932. The van der Waals surface area contributed by atoms with Crippen molar-refractivity contribution < 1.29 is 23.6 Å². The summed E-state index contributed by atoms with van der Waals surface area (Å²) < 4.78 is 10.9. The van der Waals surface area contributed by atoms with E-state index in [1.807, 2.05) is 24.3 Å². The van der Waals surface area contributed by atoms with Crippen LogP contribution in [0, 0.1) is 0 Å². The third-order valence-corrected chi connectivity index (χ3v) is 5.81. The van der Waals surface area contributed by atoms with Crippen LogP contribution in [0.1, 0.15) is 24.6 Å². The van der Waals surface area contributed by atoms with Gasteiger partial charge in [0, 0.05) is 11.7 Å². The molecule has 1 atom stereocenters. The molecule has 30 heavy (non-hydrogen) atoms. The SMILES string of the molecule is COc1ccc(N2CC[NH+]([C@@H](CNC(=O)C(=O)NC3CC3)c3ccco3)CC2)cc1. The average Bonchev–Trinajstić information content (AvgIpc) is 3.43. The Kier molecular flexibility index (Phi) is 6.23. The van der Waals surface area contributed by atoms with E-state index >= 15 is 0 Å². The van der Waals surface area contributed by atoms with Crippen LogP contribution < -0.4 is 25.2 Å². The Morgan fingerprint density at radius 2 is 1.90 bits per heavy atom. The van der Waals surface area contributed by atoms with E-state index in [4.69, 9.17) is 9.15 Å². The summed E-state index contributed by atoms with van der Waals surface area (Å²) in [4.78, 5) is 27.8. The Morgan fingerprint density at radius 3 is 2.50 bits per heavy atom. The zero-order chi connectivity index (χ0) is 20.9. The number of benzene rings is 1. The fraction of sp³-hybridized carbons (Fsp3) is 0.455. The third kappa shape index (κ3) is 4.94. The van der Waals surface area contributed by atoms with Gasteiger partial charge in [0.15, 0.2) is 11.8 Å². The van der Waals surface area contributed by atoms with Gasteiger partial charge in [-0.3, -0.25) is 9.59 Å². The van der Waals surface area contributed by atoms with Gasteiger partial charge in [0.2, 0.25) is 0 Å². The number of anilines is 1. The minimum Gasteiger partial charge on any atom is -0.497 e. The molecule has 1 saturated heterocycles. The zero-order valence-electron chi connectivity index (χ0n) is 17.2. The molecule has 8 nitrogen and oxygen atoms in total. The molecule has 1 aliphatic carbocycles. The lowest BCUT2D eigenvalue weighted by atomic mass is 10.1. The first-order chi connectivity index (χ1) is 14.6. The molecule has 3 N–H and O–H groups in total. The Balaban J connectivity index is 1.35. The highest BCUT2D eigenvalue weighted by molar-refractivity contribution is 6.35. The van der Waals surface area contributed by atoms with E-state index in [0.29, 0.717) is 6.54 Å². The molecule has 1 saturated carbocycles. The number of furan rings is 1. The van der Waals surface area contributed by atoms with E-state index in [2.05, 4.69) is 27.7 Å². The summed E-state index contributed by atoms with van der Waals surface area (Å²) in [5.74, 6) is 0.554. The van der Waals surface area contributed by atoms with Crippen molar-refractivity contribution >= 4 is 17.5 Å². The molecule has 1 aromatic heterocycles. The molecule has 2 heterocycles. The molecule has 4 rings (SSSR count). The fourth-order valence-corrected chi connectivity index (χ4v) is 3.88. The first kappa shape index (κ1) is 20.3. The second-order valence-electron chi connectivity index (χ2n) is 7.87. The zero-order valence-corrected chi connectivity index (χ0v) is 17.2. The van der Waals surface area contributed by atoms with Gasteiger partial charge in [-0.1, -0.05) is 0 Å².